The van der Waals surface area contributed by atoms with Gasteiger partial charge < -0.3 is 5.11 Å². The molecule has 1 N–H and O–H groups in total. The van der Waals surface area contributed by atoms with Crippen LogP contribution in [0.3, 0.4) is 0 Å². The van der Waals surface area contributed by atoms with Crippen molar-refractivity contribution in [2.24, 2.45) is 0 Å². The molecule has 0 amide bonds. The van der Waals surface area contributed by atoms with Crippen molar-refractivity contribution >= 4 is 0 Å². The topological polar surface area (TPSA) is 20.2 Å². The molecule has 0 fully saturated rings. The predicted molar refractivity (Wildman–Crippen MR) is 42.0 cm³/mol. The third-order valence-electron chi connectivity index (χ3n) is 1.78. The van der Waals surface area contributed by atoms with Gasteiger partial charge in [-0.3, -0.25) is 0 Å². The maximum absolute atomic E-state index is 12.2. The molecule has 0 aliphatic heterocycles. The lowest BCUT2D eigenvalue weighted by atomic mass is 9.97. The predicted octanol–water partition coefficient (Wildman–Crippen LogP) is 2.16. The molecule has 1 aromatic carbocycles. The van der Waals surface area contributed by atoms with Crippen LogP contribution in [0.25, 0.3) is 0 Å². The second-order valence-corrected chi connectivity index (χ2v) is 2.81. The monoisotopic (exact) mass is 172 g/mol. The minimum absolute atomic E-state index is 0.236. The molecule has 1 rings (SSSR count). The molecule has 1 unspecified atom stereocenters. The number of halogens is 2. The van der Waals surface area contributed by atoms with Crippen molar-refractivity contribution in [2.75, 3.05) is 0 Å². The van der Waals surface area contributed by atoms with Crippen molar-refractivity contribution in [1.82, 2.24) is 0 Å². The molecule has 1 aromatic rings. The standard InChI is InChI=1S/C9H10F2O/c1-9(12,8(10)11)7-5-3-2-4-6-7/h2-6,8,12H,1H3. The van der Waals surface area contributed by atoms with Crippen LogP contribution in [0.1, 0.15) is 12.5 Å². The molecule has 0 aromatic heterocycles. The molecule has 66 valence electrons. The van der Waals surface area contributed by atoms with Gasteiger partial charge in [0.15, 0.2) is 0 Å². The summed E-state index contributed by atoms with van der Waals surface area (Å²) in [6.07, 6.45) is -2.76. The lowest BCUT2D eigenvalue weighted by Gasteiger charge is -2.22. The Balaban J connectivity index is 2.98. The Hall–Kier alpha value is -0.960. The quantitative estimate of drug-likeness (QED) is 0.724. The first-order chi connectivity index (χ1) is 5.55. The fourth-order valence-electron chi connectivity index (χ4n) is 0.902. The van der Waals surface area contributed by atoms with E-state index < -0.39 is 12.0 Å². The Kier molecular flexibility index (Phi) is 2.43. The summed E-state index contributed by atoms with van der Waals surface area (Å²) < 4.78 is 24.5. The van der Waals surface area contributed by atoms with E-state index in [0.717, 1.165) is 6.92 Å². The lowest BCUT2D eigenvalue weighted by molar-refractivity contribution is -0.0883. The number of hydrogen-bond donors (Lipinski definition) is 1. The summed E-state index contributed by atoms with van der Waals surface area (Å²) in [6.45, 7) is 1.10. The van der Waals surface area contributed by atoms with E-state index in [9.17, 15) is 13.9 Å². The van der Waals surface area contributed by atoms with E-state index in [1.807, 2.05) is 0 Å². The Morgan fingerprint density at radius 2 is 1.75 bits per heavy atom. The van der Waals surface area contributed by atoms with Gasteiger partial charge in [0.25, 0.3) is 6.43 Å². The zero-order chi connectivity index (χ0) is 9.19. The normalized spacial score (nSPS) is 16.1. The summed E-state index contributed by atoms with van der Waals surface area (Å²) in [5, 5.41) is 9.31. The van der Waals surface area contributed by atoms with Crippen LogP contribution < -0.4 is 0 Å². The minimum Gasteiger partial charge on any atom is -0.379 e. The smallest absolute Gasteiger partial charge is 0.270 e. The third kappa shape index (κ3) is 1.61. The fourth-order valence-corrected chi connectivity index (χ4v) is 0.902. The van der Waals surface area contributed by atoms with Crippen LogP contribution in [-0.4, -0.2) is 11.5 Å². The van der Waals surface area contributed by atoms with E-state index in [2.05, 4.69) is 0 Å². The molecular formula is C9H10F2O. The van der Waals surface area contributed by atoms with Crippen LogP contribution in [0.4, 0.5) is 8.78 Å². The largest absolute Gasteiger partial charge is 0.379 e. The Morgan fingerprint density at radius 3 is 2.17 bits per heavy atom. The molecule has 0 aliphatic rings. The average molecular weight is 172 g/mol. The number of benzene rings is 1. The zero-order valence-corrected chi connectivity index (χ0v) is 6.67. The molecule has 3 heteroatoms. The first kappa shape index (κ1) is 9.13. The summed E-state index contributed by atoms with van der Waals surface area (Å²) in [5.74, 6) is 0. The van der Waals surface area contributed by atoms with Gasteiger partial charge in [0.1, 0.15) is 5.60 Å². The van der Waals surface area contributed by atoms with Gasteiger partial charge in [-0.1, -0.05) is 30.3 Å². The summed E-state index contributed by atoms with van der Waals surface area (Å²) >= 11 is 0. The Bertz CT molecular complexity index is 244. The highest BCUT2D eigenvalue weighted by atomic mass is 19.3. The van der Waals surface area contributed by atoms with Crippen LogP contribution in [0.15, 0.2) is 30.3 Å². The number of alkyl halides is 2. The molecule has 0 bridgehead atoms. The fraction of sp³-hybridized carbons (Fsp3) is 0.333. The van der Waals surface area contributed by atoms with Crippen LogP contribution in [0, 0.1) is 0 Å². The number of aliphatic hydroxyl groups is 1. The van der Waals surface area contributed by atoms with Crippen molar-refractivity contribution in [3.8, 4) is 0 Å². The van der Waals surface area contributed by atoms with E-state index in [-0.39, 0.29) is 5.56 Å². The molecule has 0 saturated heterocycles. The summed E-state index contributed by atoms with van der Waals surface area (Å²) in [5.41, 5.74) is -1.80. The van der Waals surface area contributed by atoms with Gasteiger partial charge in [0.2, 0.25) is 0 Å². The Labute approximate surface area is 69.7 Å². The minimum atomic E-state index is -2.76. The lowest BCUT2D eigenvalue weighted by Crippen LogP contribution is -2.30. The molecule has 0 heterocycles. The van der Waals surface area contributed by atoms with Gasteiger partial charge in [-0.2, -0.15) is 0 Å². The van der Waals surface area contributed by atoms with Crippen LogP contribution >= 0.6 is 0 Å². The van der Waals surface area contributed by atoms with Gasteiger partial charge in [-0.15, -0.1) is 0 Å². The Morgan fingerprint density at radius 1 is 1.25 bits per heavy atom. The highest BCUT2D eigenvalue weighted by Crippen LogP contribution is 2.26. The van der Waals surface area contributed by atoms with Gasteiger partial charge in [-0.05, 0) is 12.5 Å². The SMILES string of the molecule is CC(O)(c1ccccc1)C(F)F. The first-order valence-electron chi connectivity index (χ1n) is 3.61. The van der Waals surface area contributed by atoms with Crippen LogP contribution in [0.2, 0.25) is 0 Å². The zero-order valence-electron chi connectivity index (χ0n) is 6.67. The van der Waals surface area contributed by atoms with E-state index in [1.165, 1.54) is 12.1 Å². The van der Waals surface area contributed by atoms with Crippen LogP contribution in [0.5, 0.6) is 0 Å². The molecule has 0 radical (unpaired) electrons. The van der Waals surface area contributed by atoms with E-state index >= 15 is 0 Å². The first-order valence-corrected chi connectivity index (χ1v) is 3.61. The number of rotatable bonds is 2. The van der Waals surface area contributed by atoms with E-state index in [0.29, 0.717) is 0 Å². The third-order valence-corrected chi connectivity index (χ3v) is 1.78. The highest BCUT2D eigenvalue weighted by Gasteiger charge is 2.33. The molecular weight excluding hydrogens is 162 g/mol. The summed E-state index contributed by atoms with van der Waals surface area (Å²) in [6, 6.07) is 7.90. The van der Waals surface area contributed by atoms with Crippen molar-refractivity contribution < 1.29 is 13.9 Å². The van der Waals surface area contributed by atoms with Gasteiger partial charge in [0, 0.05) is 0 Å². The molecule has 0 spiro atoms. The summed E-state index contributed by atoms with van der Waals surface area (Å²) in [4.78, 5) is 0. The van der Waals surface area contributed by atoms with Crippen molar-refractivity contribution in [1.29, 1.82) is 0 Å². The molecule has 0 saturated carbocycles. The van der Waals surface area contributed by atoms with Gasteiger partial charge in [0.05, 0.1) is 0 Å². The van der Waals surface area contributed by atoms with Gasteiger partial charge in [-0.25, -0.2) is 8.78 Å². The van der Waals surface area contributed by atoms with E-state index in [1.54, 1.807) is 18.2 Å². The average Bonchev–Trinajstić information content (AvgIpc) is 2.06. The number of hydrogen-bond acceptors (Lipinski definition) is 1. The van der Waals surface area contributed by atoms with Crippen molar-refractivity contribution in [3.63, 3.8) is 0 Å². The second kappa shape index (κ2) is 3.19. The van der Waals surface area contributed by atoms with Gasteiger partial charge >= 0.3 is 0 Å². The molecule has 12 heavy (non-hydrogen) atoms. The van der Waals surface area contributed by atoms with Crippen molar-refractivity contribution in [3.05, 3.63) is 35.9 Å². The second-order valence-electron chi connectivity index (χ2n) is 2.81. The van der Waals surface area contributed by atoms with E-state index in [4.69, 9.17) is 0 Å². The maximum atomic E-state index is 12.2. The van der Waals surface area contributed by atoms with Crippen molar-refractivity contribution in [2.45, 2.75) is 19.0 Å². The van der Waals surface area contributed by atoms with Crippen LogP contribution in [-0.2, 0) is 5.60 Å². The molecule has 1 nitrogen and oxygen atoms in total. The molecule has 1 atom stereocenters. The molecule has 0 aliphatic carbocycles. The maximum Gasteiger partial charge on any atom is 0.270 e. The summed E-state index contributed by atoms with van der Waals surface area (Å²) in [7, 11) is 0. The highest BCUT2D eigenvalue weighted by molar-refractivity contribution is 5.21.